The molecule has 0 unspecified atom stereocenters. The molecule has 1 aliphatic rings. The number of halogens is 1. The van der Waals surface area contributed by atoms with Gasteiger partial charge in [0.25, 0.3) is 11.8 Å². The summed E-state index contributed by atoms with van der Waals surface area (Å²) in [7, 11) is -4.06. The summed E-state index contributed by atoms with van der Waals surface area (Å²) in [5, 5.41) is 9.57. The number of ether oxygens (including phenoxy) is 1. The summed E-state index contributed by atoms with van der Waals surface area (Å²) in [6.45, 7) is 0.395. The molecule has 1 fully saturated rings. The van der Waals surface area contributed by atoms with E-state index < -0.39 is 58.4 Å². The predicted octanol–water partition coefficient (Wildman–Crippen LogP) is -4.61. The number of aromatic nitrogens is 1. The first-order valence-electron chi connectivity index (χ1n) is 8.15. The Balaban J connectivity index is 0.00000512. The third-order valence-corrected chi connectivity index (χ3v) is 5.60. The number of hydrogen-bond acceptors (Lipinski definition) is 12. The molecule has 2 atom stereocenters. The summed E-state index contributed by atoms with van der Waals surface area (Å²) in [6.07, 6.45) is 0. The van der Waals surface area contributed by atoms with Crippen LogP contribution < -0.4 is 40.2 Å². The standard InChI is InChI=1S/C14H16ClN5O9S2.Na/c1-6(21)29-4-8-11(13(24)20(8)31(25,26)27)18-12(23)10(19-28-2)7-5-30-14(16-7)17-9(22)3-15;/h5,8,11H,3-4H2,1-2H3,(H,18,23)(H,16,17,22)(H,25,26,27);/q;+1/p-1/t8-,11-;/m0./s1. The molecule has 0 saturated carbocycles. The summed E-state index contributed by atoms with van der Waals surface area (Å²) < 4.78 is 38.5. The molecule has 1 aliphatic heterocycles. The number of esters is 1. The molecule has 0 aromatic carbocycles. The molecule has 0 radical (unpaired) electrons. The second-order valence-corrected chi connectivity index (χ2v) is 8.13. The zero-order valence-corrected chi connectivity index (χ0v) is 21.2. The monoisotopic (exact) mass is 519 g/mol. The molecule has 0 bridgehead atoms. The zero-order chi connectivity index (χ0) is 23.3. The van der Waals surface area contributed by atoms with E-state index in [2.05, 4.69) is 30.3 Å². The summed E-state index contributed by atoms with van der Waals surface area (Å²) in [4.78, 5) is 55.7. The SMILES string of the molecule is CON=C(C(=O)N[C@@H]1C(=O)N(S(=O)(=O)[O-])[C@H]1COC(C)=O)c1csc(NC(=O)CCl)n1.[Na+]. The van der Waals surface area contributed by atoms with Crippen LogP contribution in [0.5, 0.6) is 0 Å². The van der Waals surface area contributed by atoms with Gasteiger partial charge in [-0.05, 0) is 0 Å². The number of rotatable bonds is 9. The van der Waals surface area contributed by atoms with Gasteiger partial charge in [-0.2, -0.15) is 0 Å². The summed E-state index contributed by atoms with van der Waals surface area (Å²) >= 11 is 6.34. The predicted molar refractivity (Wildman–Crippen MR) is 104 cm³/mol. The molecule has 0 spiro atoms. The Morgan fingerprint density at radius 1 is 1.41 bits per heavy atom. The minimum absolute atomic E-state index is 0. The van der Waals surface area contributed by atoms with Crippen molar-refractivity contribution in [3.63, 3.8) is 0 Å². The van der Waals surface area contributed by atoms with E-state index in [4.69, 9.17) is 11.6 Å². The van der Waals surface area contributed by atoms with Gasteiger partial charge in [-0.25, -0.2) is 17.7 Å². The molecule has 1 aromatic rings. The van der Waals surface area contributed by atoms with Crippen molar-refractivity contribution in [3.05, 3.63) is 11.1 Å². The van der Waals surface area contributed by atoms with Crippen LogP contribution in [0.25, 0.3) is 0 Å². The Bertz CT molecular complexity index is 1030. The van der Waals surface area contributed by atoms with Gasteiger partial charge in [0, 0.05) is 12.3 Å². The molecule has 1 aromatic heterocycles. The molecule has 3 amide bonds. The number of amides is 3. The molecule has 0 aliphatic carbocycles. The van der Waals surface area contributed by atoms with Crippen molar-refractivity contribution in [2.45, 2.75) is 19.0 Å². The maximum Gasteiger partial charge on any atom is 1.00 e. The van der Waals surface area contributed by atoms with E-state index in [9.17, 15) is 32.1 Å². The molecule has 170 valence electrons. The maximum atomic E-state index is 12.6. The van der Waals surface area contributed by atoms with E-state index in [-0.39, 0.29) is 50.6 Å². The normalized spacial score (nSPS) is 18.2. The van der Waals surface area contributed by atoms with E-state index in [0.29, 0.717) is 0 Å². The van der Waals surface area contributed by atoms with Crippen molar-refractivity contribution in [1.82, 2.24) is 14.6 Å². The van der Waals surface area contributed by atoms with Gasteiger partial charge in [-0.15, -0.1) is 22.9 Å². The molecule has 2 N–H and O–H groups in total. The molecular formula is C14H15ClN5NaO9S2. The number of oxime groups is 1. The van der Waals surface area contributed by atoms with Gasteiger partial charge in [-0.1, -0.05) is 5.16 Å². The number of carbonyl (C=O) groups is 4. The molecule has 2 heterocycles. The van der Waals surface area contributed by atoms with Crippen molar-refractivity contribution < 1.29 is 71.3 Å². The molecule has 32 heavy (non-hydrogen) atoms. The van der Waals surface area contributed by atoms with Crippen molar-refractivity contribution in [1.29, 1.82) is 0 Å². The van der Waals surface area contributed by atoms with Crippen molar-refractivity contribution in [3.8, 4) is 0 Å². The van der Waals surface area contributed by atoms with E-state index in [1.807, 2.05) is 0 Å². The van der Waals surface area contributed by atoms with E-state index >= 15 is 0 Å². The van der Waals surface area contributed by atoms with Crippen LogP contribution in [0.3, 0.4) is 0 Å². The number of nitrogens with one attached hydrogen (secondary N) is 2. The molecule has 14 nitrogen and oxygen atoms in total. The largest absolute Gasteiger partial charge is 1.00 e. The summed E-state index contributed by atoms with van der Waals surface area (Å²) in [5.41, 5.74) is -0.446. The first-order chi connectivity index (χ1) is 14.5. The van der Waals surface area contributed by atoms with Crippen molar-refractivity contribution in [2.24, 2.45) is 5.16 Å². The average molecular weight is 520 g/mol. The second kappa shape index (κ2) is 11.9. The Kier molecular flexibility index (Phi) is 10.5. The number of β-lactam (4-membered cyclic amide) rings is 1. The van der Waals surface area contributed by atoms with Crippen molar-refractivity contribution >= 4 is 67.8 Å². The Labute approximate surface area is 212 Å². The fraction of sp³-hybridized carbons (Fsp3) is 0.429. The van der Waals surface area contributed by atoms with Gasteiger partial charge in [0.2, 0.25) is 5.91 Å². The van der Waals surface area contributed by atoms with Gasteiger partial charge in [-0.3, -0.25) is 19.2 Å². The third kappa shape index (κ3) is 6.84. The average Bonchev–Trinajstić information content (AvgIpc) is 3.13. The van der Waals surface area contributed by atoms with E-state index in [1.54, 1.807) is 0 Å². The zero-order valence-electron chi connectivity index (χ0n) is 16.9. The van der Waals surface area contributed by atoms with Gasteiger partial charge >= 0.3 is 35.5 Å². The summed E-state index contributed by atoms with van der Waals surface area (Å²) in [6, 6.07) is -2.94. The number of thiazole rings is 1. The maximum absolute atomic E-state index is 12.6. The van der Waals surface area contributed by atoms with Crippen LogP contribution in [-0.4, -0.2) is 83.3 Å². The number of nitrogens with zero attached hydrogens (tertiary/aromatic N) is 3. The van der Waals surface area contributed by atoms with E-state index in [0.717, 1.165) is 25.4 Å². The number of hydrogen-bond donors (Lipinski definition) is 2. The fourth-order valence-corrected chi connectivity index (χ4v) is 4.04. The third-order valence-electron chi connectivity index (χ3n) is 3.67. The Morgan fingerprint density at radius 2 is 2.06 bits per heavy atom. The van der Waals surface area contributed by atoms with Crippen LogP contribution in [0.15, 0.2) is 10.5 Å². The van der Waals surface area contributed by atoms with Gasteiger partial charge in [0.05, 0.1) is 0 Å². The number of carbonyl (C=O) groups excluding carboxylic acids is 4. The van der Waals surface area contributed by atoms with Crippen molar-refractivity contribution in [2.75, 3.05) is 24.9 Å². The van der Waals surface area contributed by atoms with Crippen LogP contribution in [0, 0.1) is 0 Å². The smallest absolute Gasteiger partial charge is 0.731 e. The molecule has 1 saturated heterocycles. The number of anilines is 1. The topological polar surface area (TPSA) is 196 Å². The van der Waals surface area contributed by atoms with E-state index in [1.165, 1.54) is 5.38 Å². The number of alkyl halides is 1. The van der Waals surface area contributed by atoms with Gasteiger partial charge in [0.1, 0.15) is 37.4 Å². The van der Waals surface area contributed by atoms with Crippen LogP contribution in [0.2, 0.25) is 0 Å². The van der Waals surface area contributed by atoms with Crippen LogP contribution in [-0.2, 0) is 39.1 Å². The first kappa shape index (κ1) is 28.2. The Morgan fingerprint density at radius 3 is 2.59 bits per heavy atom. The van der Waals surface area contributed by atoms with Crippen LogP contribution in [0.1, 0.15) is 12.6 Å². The molecule has 18 heteroatoms. The Hall–Kier alpha value is -1.82. The molecular weight excluding hydrogens is 505 g/mol. The first-order valence-corrected chi connectivity index (χ1v) is 10.9. The quantitative estimate of drug-likeness (QED) is 0.0609. The van der Waals surface area contributed by atoms with Gasteiger partial charge in [0.15, 0.2) is 21.1 Å². The van der Waals surface area contributed by atoms with Crippen LogP contribution >= 0.6 is 22.9 Å². The second-order valence-electron chi connectivity index (χ2n) is 5.76. The minimum Gasteiger partial charge on any atom is -0.731 e. The minimum atomic E-state index is -5.20. The van der Waals surface area contributed by atoms with Crippen LogP contribution in [0.4, 0.5) is 5.13 Å². The van der Waals surface area contributed by atoms with Gasteiger partial charge < -0.3 is 24.8 Å². The molecule has 2 rings (SSSR count). The fourth-order valence-electron chi connectivity index (χ4n) is 2.42. The summed E-state index contributed by atoms with van der Waals surface area (Å²) in [5.74, 6) is -3.86.